The van der Waals surface area contributed by atoms with Crippen molar-refractivity contribution in [2.45, 2.75) is 76.5 Å². The molecule has 28 heavy (non-hydrogen) atoms. The van der Waals surface area contributed by atoms with Crippen LogP contribution in [0.4, 0.5) is 22.0 Å². The zero-order chi connectivity index (χ0) is 20.5. The van der Waals surface area contributed by atoms with Crippen molar-refractivity contribution in [1.82, 2.24) is 0 Å². The monoisotopic (exact) mass is 404 g/mol. The smallest absolute Gasteiger partial charge is 0.393 e. The van der Waals surface area contributed by atoms with Crippen LogP contribution in [0.5, 0.6) is 0 Å². The summed E-state index contributed by atoms with van der Waals surface area (Å²) in [6.07, 6.45) is -2.42. The Kier molecular flexibility index (Phi) is 4.57. The van der Waals surface area contributed by atoms with Gasteiger partial charge in [0, 0.05) is 12.8 Å². The van der Waals surface area contributed by atoms with Crippen LogP contribution < -0.4 is 0 Å². The number of aliphatic hydroxyl groups is 1. The fourth-order valence-corrected chi connectivity index (χ4v) is 6.33. The Morgan fingerprint density at radius 2 is 1.86 bits per heavy atom. The number of allylic oxidation sites excluding steroid dienone is 4. The van der Waals surface area contributed by atoms with Crippen molar-refractivity contribution in [2.24, 2.45) is 23.2 Å². The largest absolute Gasteiger partial charge is 0.453 e. The fraction of sp³-hybridized carbons (Fsp3) is 0.762. The molecule has 2 saturated carbocycles. The van der Waals surface area contributed by atoms with Gasteiger partial charge in [-0.05, 0) is 78.9 Å². The molecule has 0 spiro atoms. The van der Waals surface area contributed by atoms with Crippen molar-refractivity contribution >= 4 is 5.78 Å². The topological polar surface area (TPSA) is 37.3 Å². The normalized spacial score (nSPS) is 38.7. The fourth-order valence-electron chi connectivity index (χ4n) is 6.33. The zero-order valence-corrected chi connectivity index (χ0v) is 15.8. The van der Waals surface area contributed by atoms with E-state index in [-0.39, 0.29) is 24.0 Å². The molecule has 0 heterocycles. The number of rotatable bonds is 2. The lowest BCUT2D eigenvalue weighted by molar-refractivity contribution is -0.289. The number of hydrogen-bond donors (Lipinski definition) is 1. The molecule has 0 bridgehead atoms. The van der Waals surface area contributed by atoms with Gasteiger partial charge in [0.25, 0.3) is 0 Å². The highest BCUT2D eigenvalue weighted by molar-refractivity contribution is 5.93. The molecule has 2 nitrogen and oxygen atoms in total. The molecule has 0 aromatic rings. The molecule has 0 radical (unpaired) electrons. The molecule has 2 fully saturated rings. The molecular weight excluding hydrogens is 379 g/mol. The summed E-state index contributed by atoms with van der Waals surface area (Å²) in [5.41, 5.74) is 2.21. The molecule has 5 atom stereocenters. The van der Waals surface area contributed by atoms with Gasteiger partial charge in [0.1, 0.15) is 0 Å². The molecule has 4 aliphatic carbocycles. The van der Waals surface area contributed by atoms with E-state index < -0.39 is 36.0 Å². The zero-order valence-electron chi connectivity index (χ0n) is 15.8. The summed E-state index contributed by atoms with van der Waals surface area (Å²) in [5.74, 6) is -6.18. The number of alkyl halides is 5. The van der Waals surface area contributed by atoms with Gasteiger partial charge in [-0.2, -0.15) is 22.0 Å². The van der Waals surface area contributed by atoms with Crippen LogP contribution in [-0.2, 0) is 4.79 Å². The summed E-state index contributed by atoms with van der Waals surface area (Å²) in [6.45, 7) is 1.95. The second kappa shape index (κ2) is 6.38. The maximum absolute atomic E-state index is 14.0. The van der Waals surface area contributed by atoms with Gasteiger partial charge >= 0.3 is 12.1 Å². The lowest BCUT2D eigenvalue weighted by Gasteiger charge is -2.51. The number of ketones is 1. The predicted molar refractivity (Wildman–Crippen MR) is 92.6 cm³/mol. The summed E-state index contributed by atoms with van der Waals surface area (Å²) in [7, 11) is 0. The van der Waals surface area contributed by atoms with Crippen molar-refractivity contribution in [3.05, 3.63) is 22.8 Å². The number of carbonyl (C=O) groups excluding carboxylic acids is 1. The molecule has 0 amide bonds. The minimum Gasteiger partial charge on any atom is -0.393 e. The van der Waals surface area contributed by atoms with E-state index in [2.05, 4.69) is 0 Å². The third-order valence-electron chi connectivity index (χ3n) is 7.78. The maximum atomic E-state index is 14.0. The SMILES string of the molecule is C[C@]12CCC3=C4CCC(=O)C=C4C[C@@H](CC(F)(F)C(F)(F)F)[C@H]3[C@@H]1CC[C@@H]2O. The summed E-state index contributed by atoms with van der Waals surface area (Å²) >= 11 is 0. The number of carbonyl (C=O) groups is 1. The minimum absolute atomic E-state index is 0.0869. The first-order chi connectivity index (χ1) is 12.9. The molecule has 0 saturated heterocycles. The Hall–Kier alpha value is -1.24. The molecule has 0 aromatic heterocycles. The predicted octanol–water partition coefficient (Wildman–Crippen LogP) is 5.37. The average Bonchev–Trinajstić information content (AvgIpc) is 2.88. The van der Waals surface area contributed by atoms with Crippen LogP contribution in [0.3, 0.4) is 0 Å². The molecule has 0 aliphatic heterocycles. The maximum Gasteiger partial charge on any atom is 0.453 e. The minimum atomic E-state index is -5.58. The van der Waals surface area contributed by atoms with Crippen LogP contribution in [-0.4, -0.2) is 29.1 Å². The lowest BCUT2D eigenvalue weighted by Crippen LogP contribution is -2.47. The van der Waals surface area contributed by atoms with E-state index in [1.807, 2.05) is 6.92 Å². The molecule has 7 heteroatoms. The number of hydrogen-bond acceptors (Lipinski definition) is 2. The van der Waals surface area contributed by atoms with Gasteiger partial charge in [-0.15, -0.1) is 0 Å². The average molecular weight is 404 g/mol. The Balaban J connectivity index is 1.77. The van der Waals surface area contributed by atoms with E-state index in [9.17, 15) is 31.9 Å². The molecule has 1 N–H and O–H groups in total. The Morgan fingerprint density at radius 1 is 1.14 bits per heavy atom. The van der Waals surface area contributed by atoms with Crippen molar-refractivity contribution in [3.8, 4) is 0 Å². The van der Waals surface area contributed by atoms with Gasteiger partial charge in [0.2, 0.25) is 0 Å². The Bertz CT molecular complexity index is 750. The van der Waals surface area contributed by atoms with Gasteiger partial charge in [0.15, 0.2) is 5.78 Å². The summed E-state index contributed by atoms with van der Waals surface area (Å²) in [6, 6.07) is 0. The highest BCUT2D eigenvalue weighted by Gasteiger charge is 2.61. The molecular formula is C21H25F5O2. The van der Waals surface area contributed by atoms with E-state index in [0.717, 1.165) is 11.1 Å². The van der Waals surface area contributed by atoms with Gasteiger partial charge in [-0.1, -0.05) is 12.5 Å². The van der Waals surface area contributed by atoms with Crippen molar-refractivity contribution in [2.75, 3.05) is 0 Å². The van der Waals surface area contributed by atoms with Crippen LogP contribution in [0.15, 0.2) is 22.8 Å². The van der Waals surface area contributed by atoms with Crippen LogP contribution in [0.25, 0.3) is 0 Å². The van der Waals surface area contributed by atoms with E-state index in [1.165, 1.54) is 6.08 Å². The Labute approximate surface area is 160 Å². The second-order valence-electron chi connectivity index (χ2n) is 9.24. The summed E-state index contributed by atoms with van der Waals surface area (Å²) in [5, 5.41) is 10.5. The second-order valence-corrected chi connectivity index (χ2v) is 9.24. The third kappa shape index (κ3) is 2.96. The summed E-state index contributed by atoms with van der Waals surface area (Å²) in [4.78, 5) is 11.8. The molecule has 0 aromatic carbocycles. The van der Waals surface area contributed by atoms with Crippen LogP contribution >= 0.6 is 0 Å². The lowest BCUT2D eigenvalue weighted by atomic mass is 9.54. The first kappa shape index (κ1) is 20.0. The van der Waals surface area contributed by atoms with Crippen LogP contribution in [0, 0.1) is 23.2 Å². The molecule has 4 aliphatic rings. The van der Waals surface area contributed by atoms with Crippen molar-refractivity contribution in [1.29, 1.82) is 0 Å². The third-order valence-corrected chi connectivity index (χ3v) is 7.78. The standard InChI is InChI=1S/C21H25F5O2/c1-19-7-6-15-14-3-2-13(27)9-11(14)8-12(10-20(22,23)21(24,25)26)18(15)16(19)4-5-17(19)28/h9,12,16-18,28H,2-8,10H2,1H3/t12-,16-,17-,18+,19-/m0/s1. The Morgan fingerprint density at radius 3 is 2.54 bits per heavy atom. The van der Waals surface area contributed by atoms with Gasteiger partial charge < -0.3 is 5.11 Å². The highest BCUT2D eigenvalue weighted by Crippen LogP contribution is 2.62. The van der Waals surface area contributed by atoms with Crippen molar-refractivity contribution < 1.29 is 31.9 Å². The van der Waals surface area contributed by atoms with Gasteiger partial charge in [0.05, 0.1) is 6.10 Å². The number of fused-ring (bicyclic) bond motifs is 4. The van der Waals surface area contributed by atoms with E-state index in [0.29, 0.717) is 44.1 Å². The van der Waals surface area contributed by atoms with Crippen LogP contribution in [0.1, 0.15) is 58.3 Å². The molecule has 156 valence electrons. The number of halogens is 5. The quantitative estimate of drug-likeness (QED) is 0.629. The van der Waals surface area contributed by atoms with Crippen LogP contribution in [0.2, 0.25) is 0 Å². The van der Waals surface area contributed by atoms with Crippen molar-refractivity contribution in [3.63, 3.8) is 0 Å². The van der Waals surface area contributed by atoms with Gasteiger partial charge in [-0.25, -0.2) is 0 Å². The highest BCUT2D eigenvalue weighted by atomic mass is 19.4. The molecule has 0 unspecified atom stereocenters. The van der Waals surface area contributed by atoms with Gasteiger partial charge in [-0.3, -0.25) is 4.79 Å². The summed E-state index contributed by atoms with van der Waals surface area (Å²) < 4.78 is 66.9. The first-order valence-electron chi connectivity index (χ1n) is 10.0. The first-order valence-corrected chi connectivity index (χ1v) is 10.0. The van der Waals surface area contributed by atoms with E-state index >= 15 is 0 Å². The van der Waals surface area contributed by atoms with E-state index in [1.54, 1.807) is 0 Å². The molecule has 4 rings (SSSR count). The number of aliphatic hydroxyl groups excluding tert-OH is 1. The van der Waals surface area contributed by atoms with E-state index in [4.69, 9.17) is 0 Å².